The minimum atomic E-state index is 0.913. The number of nitrogens with zero attached hydrogens (tertiary/aromatic N) is 1. The molecule has 0 bridgehead atoms. The Hall–Kier alpha value is -0.330. The highest BCUT2D eigenvalue weighted by Crippen LogP contribution is 1.57. The minimum Gasteiger partial charge on any atom is -0.298 e. The molecule has 0 aliphatic heterocycles. The van der Waals surface area contributed by atoms with Crippen LogP contribution in [0.2, 0.25) is 0 Å². The summed E-state index contributed by atoms with van der Waals surface area (Å²) in [4.78, 5) is 3.85. The molecule has 0 aromatic rings. The smallest absolute Gasteiger partial charge is 0.0356 e. The van der Waals surface area contributed by atoms with Gasteiger partial charge in [0.2, 0.25) is 0 Å². The molecular formula is C6H15N. The van der Waals surface area contributed by atoms with Gasteiger partial charge in [-0.3, -0.25) is 4.99 Å². The van der Waals surface area contributed by atoms with Gasteiger partial charge < -0.3 is 0 Å². The van der Waals surface area contributed by atoms with Crippen LogP contribution in [0.5, 0.6) is 0 Å². The number of rotatable bonds is 1. The van der Waals surface area contributed by atoms with Gasteiger partial charge in [0, 0.05) is 6.54 Å². The number of aliphatic imine (C=N–C) groups is 1. The van der Waals surface area contributed by atoms with E-state index in [1.807, 2.05) is 27.7 Å². The minimum absolute atomic E-state index is 0.913. The Balaban J connectivity index is 0. The summed E-state index contributed by atoms with van der Waals surface area (Å²) in [5, 5.41) is 0. The Labute approximate surface area is 46.5 Å². The molecule has 0 N–H and O–H groups in total. The molecule has 0 amide bonds. The maximum absolute atomic E-state index is 3.85. The second-order valence-electron chi connectivity index (χ2n) is 0.757. The van der Waals surface area contributed by atoms with E-state index in [0.29, 0.717) is 0 Å². The average molecular weight is 101 g/mol. The lowest BCUT2D eigenvalue weighted by atomic mass is 10.8. The SMILES string of the molecule is CC.CC=NCC. The van der Waals surface area contributed by atoms with E-state index in [0.717, 1.165) is 6.54 Å². The quantitative estimate of drug-likeness (QED) is 0.449. The Kier molecular flexibility index (Phi) is 24.4. The van der Waals surface area contributed by atoms with Crippen LogP contribution in [-0.4, -0.2) is 12.8 Å². The van der Waals surface area contributed by atoms with Crippen molar-refractivity contribution in [1.82, 2.24) is 0 Å². The monoisotopic (exact) mass is 101 g/mol. The fraction of sp³-hybridized carbons (Fsp3) is 0.833. The molecule has 0 aromatic carbocycles. The summed E-state index contributed by atoms with van der Waals surface area (Å²) >= 11 is 0. The summed E-state index contributed by atoms with van der Waals surface area (Å²) in [7, 11) is 0. The number of hydrogen-bond acceptors (Lipinski definition) is 1. The van der Waals surface area contributed by atoms with Gasteiger partial charge in [-0.25, -0.2) is 0 Å². The molecule has 1 heteroatoms. The van der Waals surface area contributed by atoms with Gasteiger partial charge in [0.15, 0.2) is 0 Å². The van der Waals surface area contributed by atoms with E-state index < -0.39 is 0 Å². The lowest BCUT2D eigenvalue weighted by molar-refractivity contribution is 1.14. The maximum Gasteiger partial charge on any atom is 0.0356 e. The van der Waals surface area contributed by atoms with Crippen molar-refractivity contribution in [3.63, 3.8) is 0 Å². The van der Waals surface area contributed by atoms with E-state index in [1.165, 1.54) is 0 Å². The van der Waals surface area contributed by atoms with Gasteiger partial charge in [-0.15, -0.1) is 0 Å². The molecule has 0 fully saturated rings. The lowest BCUT2D eigenvalue weighted by Crippen LogP contribution is -1.62. The molecule has 0 saturated heterocycles. The molecule has 0 unspecified atom stereocenters. The van der Waals surface area contributed by atoms with Crippen LogP contribution in [0, 0.1) is 0 Å². The summed E-state index contributed by atoms with van der Waals surface area (Å²) in [5.74, 6) is 0. The molecule has 1 nitrogen and oxygen atoms in total. The zero-order valence-corrected chi connectivity index (χ0v) is 5.73. The van der Waals surface area contributed by atoms with Gasteiger partial charge >= 0.3 is 0 Å². The van der Waals surface area contributed by atoms with Gasteiger partial charge in [0.25, 0.3) is 0 Å². The summed E-state index contributed by atoms with van der Waals surface area (Å²) in [6.45, 7) is 8.85. The molecule has 0 aliphatic carbocycles. The van der Waals surface area contributed by atoms with Crippen molar-refractivity contribution in [3.05, 3.63) is 0 Å². The highest BCUT2D eigenvalue weighted by molar-refractivity contribution is 5.52. The van der Waals surface area contributed by atoms with E-state index >= 15 is 0 Å². The van der Waals surface area contributed by atoms with Crippen molar-refractivity contribution in [2.75, 3.05) is 6.54 Å². The highest BCUT2D eigenvalue weighted by atomic mass is 14.7. The highest BCUT2D eigenvalue weighted by Gasteiger charge is 1.51. The van der Waals surface area contributed by atoms with Gasteiger partial charge in [-0.05, 0) is 20.1 Å². The Morgan fingerprint density at radius 1 is 1.43 bits per heavy atom. The first-order chi connectivity index (χ1) is 3.41. The van der Waals surface area contributed by atoms with E-state index in [-0.39, 0.29) is 0 Å². The van der Waals surface area contributed by atoms with Crippen molar-refractivity contribution >= 4 is 6.21 Å². The largest absolute Gasteiger partial charge is 0.298 e. The van der Waals surface area contributed by atoms with Crippen LogP contribution in [0.4, 0.5) is 0 Å². The predicted molar refractivity (Wildman–Crippen MR) is 36.1 cm³/mol. The van der Waals surface area contributed by atoms with Gasteiger partial charge in [-0.2, -0.15) is 0 Å². The second-order valence-corrected chi connectivity index (χ2v) is 0.757. The van der Waals surface area contributed by atoms with Gasteiger partial charge in [-0.1, -0.05) is 13.8 Å². The van der Waals surface area contributed by atoms with Crippen molar-refractivity contribution in [2.45, 2.75) is 27.7 Å². The summed E-state index contributed by atoms with van der Waals surface area (Å²) < 4.78 is 0. The van der Waals surface area contributed by atoms with E-state index in [2.05, 4.69) is 4.99 Å². The fourth-order valence-corrected chi connectivity index (χ4v) is 0.183. The molecular weight excluding hydrogens is 86.1 g/mol. The van der Waals surface area contributed by atoms with Crippen LogP contribution in [0.1, 0.15) is 27.7 Å². The van der Waals surface area contributed by atoms with Gasteiger partial charge in [0.05, 0.1) is 0 Å². The molecule has 0 heterocycles. The first-order valence-electron chi connectivity index (χ1n) is 2.86. The number of hydrogen-bond donors (Lipinski definition) is 0. The first-order valence-corrected chi connectivity index (χ1v) is 2.86. The predicted octanol–water partition coefficient (Wildman–Crippen LogP) is 2.12. The third-order valence-corrected chi connectivity index (χ3v) is 0.365. The van der Waals surface area contributed by atoms with Crippen molar-refractivity contribution in [2.24, 2.45) is 4.99 Å². The Morgan fingerprint density at radius 3 is 1.86 bits per heavy atom. The van der Waals surface area contributed by atoms with Crippen LogP contribution in [-0.2, 0) is 0 Å². The zero-order valence-electron chi connectivity index (χ0n) is 5.73. The molecule has 7 heavy (non-hydrogen) atoms. The first kappa shape index (κ1) is 9.83. The van der Waals surface area contributed by atoms with Crippen LogP contribution < -0.4 is 0 Å². The molecule has 0 rings (SSSR count). The second kappa shape index (κ2) is 17.3. The zero-order chi connectivity index (χ0) is 6.12. The van der Waals surface area contributed by atoms with Crippen LogP contribution in [0.3, 0.4) is 0 Å². The average Bonchev–Trinajstić information content (AvgIpc) is 1.75. The third-order valence-electron chi connectivity index (χ3n) is 0.365. The summed E-state index contributed by atoms with van der Waals surface area (Å²) in [6, 6.07) is 0. The van der Waals surface area contributed by atoms with Gasteiger partial charge in [0.1, 0.15) is 0 Å². The molecule has 0 radical (unpaired) electrons. The maximum atomic E-state index is 3.85. The topological polar surface area (TPSA) is 12.4 Å². The molecule has 0 saturated carbocycles. The third kappa shape index (κ3) is 27.4. The molecule has 0 aliphatic rings. The lowest BCUT2D eigenvalue weighted by Gasteiger charge is -1.68. The molecule has 0 atom stereocenters. The normalized spacial score (nSPS) is 8.00. The van der Waals surface area contributed by atoms with Crippen molar-refractivity contribution in [3.8, 4) is 0 Å². The standard InChI is InChI=1S/C4H9N.C2H6/c1-3-5-4-2;1-2/h3H,4H2,1-2H3;1-2H3. The summed E-state index contributed by atoms with van der Waals surface area (Å²) in [6.07, 6.45) is 1.81. The van der Waals surface area contributed by atoms with Crippen molar-refractivity contribution < 1.29 is 0 Å². The van der Waals surface area contributed by atoms with Crippen LogP contribution in [0.25, 0.3) is 0 Å². The molecule has 0 aromatic heterocycles. The Bertz CT molecular complexity index is 31.2. The van der Waals surface area contributed by atoms with E-state index in [9.17, 15) is 0 Å². The van der Waals surface area contributed by atoms with Crippen molar-refractivity contribution in [1.29, 1.82) is 0 Å². The molecule has 0 spiro atoms. The fourth-order valence-electron chi connectivity index (χ4n) is 0.183. The van der Waals surface area contributed by atoms with Crippen LogP contribution in [0.15, 0.2) is 4.99 Å². The Morgan fingerprint density at radius 2 is 1.86 bits per heavy atom. The van der Waals surface area contributed by atoms with E-state index in [1.54, 1.807) is 6.21 Å². The van der Waals surface area contributed by atoms with Crippen LogP contribution >= 0.6 is 0 Å². The van der Waals surface area contributed by atoms with E-state index in [4.69, 9.17) is 0 Å². The molecule has 44 valence electrons. The summed E-state index contributed by atoms with van der Waals surface area (Å²) in [5.41, 5.74) is 0.